The van der Waals surface area contributed by atoms with Crippen LogP contribution in [0.4, 0.5) is 18.9 Å². The smallest absolute Gasteiger partial charge is 0.352 e. The zero-order valence-corrected chi connectivity index (χ0v) is 26.8. The Kier molecular flexibility index (Phi) is 11.2. The molecule has 2 amide bonds. The Bertz CT molecular complexity index is 1580. The second-order valence-corrected chi connectivity index (χ2v) is 13.6. The molecule has 0 saturated heterocycles. The molecule has 1 aliphatic carbocycles. The molecule has 0 heterocycles. The number of anilines is 1. The summed E-state index contributed by atoms with van der Waals surface area (Å²) in [5.74, 6) is -1.11. The lowest BCUT2D eigenvalue weighted by molar-refractivity contribution is -0.140. The number of carbonyl (C=O) groups is 2. The number of nitrogens with one attached hydrogen (secondary N) is 1. The van der Waals surface area contributed by atoms with Crippen LogP contribution in [0.3, 0.4) is 0 Å². The molecule has 3 aromatic carbocycles. The lowest BCUT2D eigenvalue weighted by atomic mass is 9.95. The van der Waals surface area contributed by atoms with Crippen LogP contribution in [0.1, 0.15) is 62.1 Å². The Morgan fingerprint density at radius 2 is 1.62 bits per heavy atom. The molecule has 0 bridgehead atoms. The van der Waals surface area contributed by atoms with Crippen LogP contribution in [0.15, 0.2) is 77.7 Å². The number of sulfonamides is 1. The molecule has 7 nitrogen and oxygen atoms in total. The first-order valence-corrected chi connectivity index (χ1v) is 16.7. The lowest BCUT2D eigenvalue weighted by Gasteiger charge is -2.34. The summed E-state index contributed by atoms with van der Waals surface area (Å²) in [6.07, 6.45) is 0.189. The van der Waals surface area contributed by atoms with Gasteiger partial charge in [-0.15, -0.1) is 0 Å². The predicted molar refractivity (Wildman–Crippen MR) is 168 cm³/mol. The number of benzene rings is 3. The topological polar surface area (TPSA) is 86.8 Å². The molecular formula is C33H37ClF3N3O4S. The summed E-state index contributed by atoms with van der Waals surface area (Å²) in [5, 5.41) is 3.53. The normalized spacial score (nSPS) is 14.9. The highest BCUT2D eigenvalue weighted by atomic mass is 35.5. The molecule has 45 heavy (non-hydrogen) atoms. The first-order chi connectivity index (χ1) is 21.3. The van der Waals surface area contributed by atoms with Gasteiger partial charge in [-0.1, -0.05) is 73.7 Å². The van der Waals surface area contributed by atoms with Gasteiger partial charge in [0.2, 0.25) is 11.8 Å². The van der Waals surface area contributed by atoms with E-state index in [1.165, 1.54) is 23.1 Å². The SMILES string of the molecule is CCC(C(=O)NC1CCCCC1)N(Cc1ccc(Cl)cc1)C(=O)CN(c1cccc(C(F)(F)F)c1)S(=O)(=O)c1ccc(C)cc1. The molecule has 1 fully saturated rings. The Balaban J connectivity index is 1.75. The summed E-state index contributed by atoms with van der Waals surface area (Å²) < 4.78 is 69.7. The van der Waals surface area contributed by atoms with E-state index in [2.05, 4.69) is 5.32 Å². The van der Waals surface area contributed by atoms with Crippen LogP contribution in [0, 0.1) is 6.92 Å². The number of rotatable bonds is 11. The summed E-state index contributed by atoms with van der Waals surface area (Å²) in [6, 6.07) is 15.3. The van der Waals surface area contributed by atoms with E-state index in [-0.39, 0.29) is 35.5 Å². The molecule has 1 aliphatic rings. The molecule has 1 atom stereocenters. The van der Waals surface area contributed by atoms with Crippen molar-refractivity contribution in [2.24, 2.45) is 0 Å². The Morgan fingerprint density at radius 1 is 0.978 bits per heavy atom. The Hall–Kier alpha value is -3.57. The summed E-state index contributed by atoms with van der Waals surface area (Å²) in [6.45, 7) is 2.63. The number of amides is 2. The van der Waals surface area contributed by atoms with Crippen molar-refractivity contribution in [2.75, 3.05) is 10.8 Å². The minimum atomic E-state index is -4.75. The maximum Gasteiger partial charge on any atom is 0.416 e. The molecule has 3 aromatic rings. The molecule has 1 saturated carbocycles. The molecule has 4 rings (SSSR count). The summed E-state index contributed by atoms with van der Waals surface area (Å²) in [5.41, 5.74) is 0.0287. The standard InChI is InChI=1S/C33H37ClF3N3O4S/c1-3-30(32(42)38-27-9-5-4-6-10-27)39(21-24-14-16-26(34)17-15-24)31(41)22-40(28-11-7-8-25(20-28)33(35,36)37)45(43,44)29-18-12-23(2)13-19-29/h7-8,11-20,27,30H,3-6,9-10,21-22H2,1-2H3,(H,38,42). The van der Waals surface area contributed by atoms with Crippen molar-refractivity contribution in [1.29, 1.82) is 0 Å². The molecule has 242 valence electrons. The fourth-order valence-electron chi connectivity index (χ4n) is 5.45. The van der Waals surface area contributed by atoms with E-state index in [0.717, 1.165) is 49.8 Å². The number of hydrogen-bond donors (Lipinski definition) is 1. The largest absolute Gasteiger partial charge is 0.416 e. The van der Waals surface area contributed by atoms with E-state index in [0.29, 0.717) is 21.0 Å². The first-order valence-electron chi connectivity index (χ1n) is 14.9. The van der Waals surface area contributed by atoms with Crippen LogP contribution in [0.5, 0.6) is 0 Å². The van der Waals surface area contributed by atoms with Gasteiger partial charge in [0.05, 0.1) is 16.1 Å². The number of alkyl halides is 3. The Labute approximate surface area is 267 Å². The van der Waals surface area contributed by atoms with E-state index in [1.807, 2.05) is 0 Å². The van der Waals surface area contributed by atoms with E-state index < -0.39 is 40.3 Å². The third kappa shape index (κ3) is 8.79. The van der Waals surface area contributed by atoms with Crippen molar-refractivity contribution in [3.8, 4) is 0 Å². The summed E-state index contributed by atoms with van der Waals surface area (Å²) >= 11 is 6.06. The van der Waals surface area contributed by atoms with Gasteiger partial charge in [0.25, 0.3) is 10.0 Å². The summed E-state index contributed by atoms with van der Waals surface area (Å²) in [7, 11) is -4.52. The number of aryl methyl sites for hydroxylation is 1. The number of hydrogen-bond acceptors (Lipinski definition) is 4. The third-order valence-electron chi connectivity index (χ3n) is 7.95. The highest BCUT2D eigenvalue weighted by Crippen LogP contribution is 2.33. The van der Waals surface area contributed by atoms with Crippen molar-refractivity contribution < 1.29 is 31.2 Å². The number of halogens is 4. The molecule has 1 N–H and O–H groups in total. The van der Waals surface area contributed by atoms with Gasteiger partial charge in [-0.05, 0) is 74.2 Å². The lowest BCUT2D eigenvalue weighted by Crippen LogP contribution is -2.54. The maximum atomic E-state index is 14.2. The van der Waals surface area contributed by atoms with Gasteiger partial charge in [0.15, 0.2) is 0 Å². The second-order valence-electron chi connectivity index (χ2n) is 11.3. The van der Waals surface area contributed by atoms with Gasteiger partial charge in [-0.3, -0.25) is 13.9 Å². The van der Waals surface area contributed by atoms with Gasteiger partial charge in [0, 0.05) is 17.6 Å². The van der Waals surface area contributed by atoms with Crippen molar-refractivity contribution >= 4 is 39.1 Å². The highest BCUT2D eigenvalue weighted by Gasteiger charge is 2.36. The van der Waals surface area contributed by atoms with E-state index in [4.69, 9.17) is 11.6 Å². The first kappa shape index (κ1) is 34.3. The van der Waals surface area contributed by atoms with E-state index in [9.17, 15) is 31.2 Å². The molecule has 0 aromatic heterocycles. The fourth-order valence-corrected chi connectivity index (χ4v) is 6.99. The van der Waals surface area contributed by atoms with Crippen LogP contribution in [0.25, 0.3) is 0 Å². The van der Waals surface area contributed by atoms with E-state index in [1.54, 1.807) is 50.2 Å². The molecule has 12 heteroatoms. The zero-order valence-electron chi connectivity index (χ0n) is 25.2. The van der Waals surface area contributed by atoms with Crippen LogP contribution in [-0.2, 0) is 32.3 Å². The second kappa shape index (κ2) is 14.7. The van der Waals surface area contributed by atoms with Crippen LogP contribution in [-0.4, -0.2) is 43.8 Å². The molecular weight excluding hydrogens is 627 g/mol. The minimum Gasteiger partial charge on any atom is -0.352 e. The zero-order chi connectivity index (χ0) is 32.8. The predicted octanol–water partition coefficient (Wildman–Crippen LogP) is 7.12. The van der Waals surface area contributed by atoms with E-state index >= 15 is 0 Å². The van der Waals surface area contributed by atoms with Gasteiger partial charge >= 0.3 is 6.18 Å². The van der Waals surface area contributed by atoms with Crippen LogP contribution < -0.4 is 9.62 Å². The number of nitrogens with zero attached hydrogens (tertiary/aromatic N) is 2. The van der Waals surface area contributed by atoms with Gasteiger partial charge < -0.3 is 10.2 Å². The molecule has 0 aliphatic heterocycles. The van der Waals surface area contributed by atoms with Crippen molar-refractivity contribution in [3.63, 3.8) is 0 Å². The average Bonchev–Trinajstić information content (AvgIpc) is 3.01. The van der Waals surface area contributed by atoms with Crippen molar-refractivity contribution in [1.82, 2.24) is 10.2 Å². The molecule has 1 unspecified atom stereocenters. The average molecular weight is 664 g/mol. The van der Waals surface area contributed by atoms with Gasteiger partial charge in [-0.25, -0.2) is 8.42 Å². The quantitative estimate of drug-likeness (QED) is 0.237. The minimum absolute atomic E-state index is 0.0312. The monoisotopic (exact) mass is 663 g/mol. The maximum absolute atomic E-state index is 14.2. The fraction of sp³-hybridized carbons (Fsp3) is 0.394. The van der Waals surface area contributed by atoms with Gasteiger partial charge in [-0.2, -0.15) is 13.2 Å². The molecule has 0 radical (unpaired) electrons. The van der Waals surface area contributed by atoms with Gasteiger partial charge in [0.1, 0.15) is 12.6 Å². The Morgan fingerprint density at radius 3 is 2.22 bits per heavy atom. The van der Waals surface area contributed by atoms with Crippen molar-refractivity contribution in [2.45, 2.75) is 82.1 Å². The third-order valence-corrected chi connectivity index (χ3v) is 9.99. The highest BCUT2D eigenvalue weighted by molar-refractivity contribution is 7.92. The van der Waals surface area contributed by atoms with Crippen LogP contribution >= 0.6 is 11.6 Å². The summed E-state index contributed by atoms with van der Waals surface area (Å²) in [4.78, 5) is 28.9. The molecule has 0 spiro atoms. The number of carbonyl (C=O) groups excluding carboxylic acids is 2. The van der Waals surface area contributed by atoms with Crippen molar-refractivity contribution in [3.05, 3.63) is 94.5 Å². The van der Waals surface area contributed by atoms with Crippen LogP contribution in [0.2, 0.25) is 5.02 Å².